The summed E-state index contributed by atoms with van der Waals surface area (Å²) in [6.45, 7) is 6.29. The maximum Gasteiger partial charge on any atom is 0.228 e. The lowest BCUT2D eigenvalue weighted by Gasteiger charge is -2.24. The molecule has 0 aliphatic rings. The van der Waals surface area contributed by atoms with Crippen molar-refractivity contribution in [3.63, 3.8) is 0 Å². The maximum atomic E-state index is 12.6. The Labute approximate surface area is 123 Å². The van der Waals surface area contributed by atoms with Crippen LogP contribution in [0.1, 0.15) is 51.5 Å². The molecule has 0 aliphatic carbocycles. The van der Waals surface area contributed by atoms with Crippen LogP contribution in [0.4, 0.5) is 0 Å². The summed E-state index contributed by atoms with van der Waals surface area (Å²) < 4.78 is 0. The van der Waals surface area contributed by atoms with Gasteiger partial charge in [0.25, 0.3) is 0 Å². The molecule has 0 radical (unpaired) electrons. The lowest BCUT2D eigenvalue weighted by Crippen LogP contribution is -2.39. The zero-order chi connectivity index (χ0) is 15.0. The third-order valence-electron chi connectivity index (χ3n) is 3.75. The van der Waals surface area contributed by atoms with Gasteiger partial charge in [-0.1, -0.05) is 69.9 Å². The SMILES string of the molecule is C#CC(CCC)NC(=O)C(c1ccccc1)C(C)CC. The van der Waals surface area contributed by atoms with Gasteiger partial charge >= 0.3 is 0 Å². The monoisotopic (exact) mass is 271 g/mol. The van der Waals surface area contributed by atoms with Gasteiger partial charge in [-0.05, 0) is 17.9 Å². The molecule has 0 fully saturated rings. The molecule has 1 aromatic rings. The Kier molecular flexibility index (Phi) is 6.87. The van der Waals surface area contributed by atoms with Gasteiger partial charge in [0.05, 0.1) is 12.0 Å². The van der Waals surface area contributed by atoms with Crippen LogP contribution in [0.5, 0.6) is 0 Å². The van der Waals surface area contributed by atoms with Gasteiger partial charge in [0.15, 0.2) is 0 Å². The Bertz CT molecular complexity index is 446. The molecule has 2 nitrogen and oxygen atoms in total. The van der Waals surface area contributed by atoms with E-state index in [0.717, 1.165) is 24.8 Å². The minimum absolute atomic E-state index is 0.0435. The normalized spacial score (nSPS) is 14.9. The second-order valence-electron chi connectivity index (χ2n) is 5.29. The van der Waals surface area contributed by atoms with Crippen molar-refractivity contribution in [1.82, 2.24) is 5.32 Å². The van der Waals surface area contributed by atoms with Crippen LogP contribution in [0.15, 0.2) is 30.3 Å². The van der Waals surface area contributed by atoms with Gasteiger partial charge in [0, 0.05) is 0 Å². The van der Waals surface area contributed by atoms with Crippen LogP contribution in [-0.2, 0) is 4.79 Å². The van der Waals surface area contributed by atoms with Crippen molar-refractivity contribution in [1.29, 1.82) is 0 Å². The Morgan fingerprint density at radius 1 is 1.30 bits per heavy atom. The Morgan fingerprint density at radius 2 is 1.95 bits per heavy atom. The van der Waals surface area contributed by atoms with Gasteiger partial charge < -0.3 is 5.32 Å². The van der Waals surface area contributed by atoms with Crippen molar-refractivity contribution in [2.24, 2.45) is 5.92 Å². The summed E-state index contributed by atoms with van der Waals surface area (Å²) in [4.78, 5) is 12.6. The predicted octanol–water partition coefficient (Wildman–Crippen LogP) is 3.73. The van der Waals surface area contributed by atoms with E-state index in [9.17, 15) is 4.79 Å². The number of amides is 1. The number of nitrogens with one attached hydrogen (secondary N) is 1. The van der Waals surface area contributed by atoms with Crippen LogP contribution in [0.3, 0.4) is 0 Å². The second-order valence-corrected chi connectivity index (χ2v) is 5.29. The molecular formula is C18H25NO. The lowest BCUT2D eigenvalue weighted by molar-refractivity contribution is -0.124. The zero-order valence-electron chi connectivity index (χ0n) is 12.7. The first-order valence-corrected chi connectivity index (χ1v) is 7.45. The molecule has 0 aliphatic heterocycles. The summed E-state index contributed by atoms with van der Waals surface area (Å²) in [6.07, 6.45) is 8.24. The van der Waals surface area contributed by atoms with Crippen molar-refractivity contribution < 1.29 is 4.79 Å². The van der Waals surface area contributed by atoms with Crippen LogP contribution in [0.25, 0.3) is 0 Å². The molecule has 108 valence electrons. The van der Waals surface area contributed by atoms with E-state index in [4.69, 9.17) is 6.42 Å². The third kappa shape index (κ3) is 4.42. The predicted molar refractivity (Wildman–Crippen MR) is 84.3 cm³/mol. The fraction of sp³-hybridized carbons (Fsp3) is 0.500. The van der Waals surface area contributed by atoms with Crippen molar-refractivity contribution in [2.75, 3.05) is 0 Å². The van der Waals surface area contributed by atoms with Gasteiger partial charge in [0.1, 0.15) is 0 Å². The van der Waals surface area contributed by atoms with E-state index in [2.05, 4.69) is 32.0 Å². The van der Waals surface area contributed by atoms with Gasteiger partial charge in [-0.25, -0.2) is 0 Å². The summed E-state index contributed by atoms with van der Waals surface area (Å²) in [5.41, 5.74) is 1.06. The largest absolute Gasteiger partial charge is 0.342 e. The third-order valence-corrected chi connectivity index (χ3v) is 3.75. The average Bonchev–Trinajstić information content (AvgIpc) is 2.47. The molecule has 0 spiro atoms. The summed E-state index contributed by atoms with van der Waals surface area (Å²) in [5, 5.41) is 3.01. The molecule has 3 unspecified atom stereocenters. The molecule has 20 heavy (non-hydrogen) atoms. The molecule has 0 aromatic heterocycles. The molecular weight excluding hydrogens is 246 g/mol. The molecule has 2 heteroatoms. The first-order valence-electron chi connectivity index (χ1n) is 7.45. The number of benzene rings is 1. The Morgan fingerprint density at radius 3 is 2.45 bits per heavy atom. The molecule has 0 saturated heterocycles. The number of terminal acetylenes is 1. The van der Waals surface area contributed by atoms with Gasteiger partial charge in [-0.3, -0.25) is 4.79 Å². The van der Waals surface area contributed by atoms with Gasteiger partial charge in [-0.2, -0.15) is 0 Å². The molecule has 3 atom stereocenters. The Hall–Kier alpha value is -1.75. The first-order chi connectivity index (χ1) is 9.63. The topological polar surface area (TPSA) is 29.1 Å². The van der Waals surface area contributed by atoms with Crippen LogP contribution in [-0.4, -0.2) is 11.9 Å². The number of hydrogen-bond acceptors (Lipinski definition) is 1. The van der Waals surface area contributed by atoms with Crippen molar-refractivity contribution in [2.45, 2.75) is 52.0 Å². The summed E-state index contributed by atoms with van der Waals surface area (Å²) >= 11 is 0. The molecule has 0 bridgehead atoms. The molecule has 0 saturated carbocycles. The summed E-state index contributed by atoms with van der Waals surface area (Å²) in [6, 6.07) is 9.78. The number of carbonyl (C=O) groups is 1. The highest BCUT2D eigenvalue weighted by atomic mass is 16.1. The number of rotatable bonds is 7. The van der Waals surface area contributed by atoms with Gasteiger partial charge in [0.2, 0.25) is 5.91 Å². The first kappa shape index (κ1) is 16.3. The van der Waals surface area contributed by atoms with E-state index in [0.29, 0.717) is 0 Å². The minimum Gasteiger partial charge on any atom is -0.342 e. The van der Waals surface area contributed by atoms with E-state index in [1.54, 1.807) is 0 Å². The second kappa shape index (κ2) is 8.43. The van der Waals surface area contributed by atoms with Crippen LogP contribution in [0.2, 0.25) is 0 Å². The average molecular weight is 271 g/mol. The van der Waals surface area contributed by atoms with E-state index in [1.807, 2.05) is 30.3 Å². The highest BCUT2D eigenvalue weighted by molar-refractivity contribution is 5.84. The fourth-order valence-electron chi connectivity index (χ4n) is 2.38. The molecule has 1 amide bonds. The van der Waals surface area contributed by atoms with E-state index < -0.39 is 0 Å². The molecule has 0 heterocycles. The highest BCUT2D eigenvalue weighted by Crippen LogP contribution is 2.27. The molecule has 1 rings (SSSR count). The minimum atomic E-state index is -0.164. The Balaban J connectivity index is 2.89. The van der Waals surface area contributed by atoms with Crippen molar-refractivity contribution in [3.8, 4) is 12.3 Å². The summed E-state index contributed by atoms with van der Waals surface area (Å²) in [5.74, 6) is 2.87. The van der Waals surface area contributed by atoms with E-state index in [-0.39, 0.29) is 23.8 Å². The van der Waals surface area contributed by atoms with E-state index >= 15 is 0 Å². The quantitative estimate of drug-likeness (QED) is 0.752. The lowest BCUT2D eigenvalue weighted by atomic mass is 9.84. The van der Waals surface area contributed by atoms with Crippen molar-refractivity contribution >= 4 is 5.91 Å². The van der Waals surface area contributed by atoms with Crippen LogP contribution in [0, 0.1) is 18.3 Å². The number of hydrogen-bond donors (Lipinski definition) is 1. The maximum absolute atomic E-state index is 12.6. The van der Waals surface area contributed by atoms with Crippen LogP contribution >= 0.6 is 0 Å². The number of carbonyl (C=O) groups excluding carboxylic acids is 1. The van der Waals surface area contributed by atoms with Crippen LogP contribution < -0.4 is 5.32 Å². The van der Waals surface area contributed by atoms with Gasteiger partial charge in [-0.15, -0.1) is 6.42 Å². The standard InChI is InChI=1S/C18H25NO/c1-5-11-16(7-3)19-18(20)17(14(4)6-2)15-12-9-8-10-13-15/h3,8-10,12-14,16-17H,5-6,11H2,1-2,4H3,(H,19,20). The molecule has 1 N–H and O–H groups in total. The highest BCUT2D eigenvalue weighted by Gasteiger charge is 2.26. The van der Waals surface area contributed by atoms with E-state index in [1.165, 1.54) is 0 Å². The van der Waals surface area contributed by atoms with Crippen molar-refractivity contribution in [3.05, 3.63) is 35.9 Å². The fourth-order valence-corrected chi connectivity index (χ4v) is 2.38. The molecule has 1 aromatic carbocycles. The zero-order valence-corrected chi connectivity index (χ0v) is 12.7. The summed E-state index contributed by atoms with van der Waals surface area (Å²) in [7, 11) is 0. The smallest absolute Gasteiger partial charge is 0.228 e.